The van der Waals surface area contributed by atoms with Crippen LogP contribution in [0.15, 0.2) is 28.7 Å². The molecule has 1 saturated carbocycles. The van der Waals surface area contributed by atoms with Crippen molar-refractivity contribution in [3.63, 3.8) is 0 Å². The molecular formula is C15H19BrN2O3. The molecule has 0 saturated heterocycles. The molecule has 0 radical (unpaired) electrons. The molecule has 114 valence electrons. The largest absolute Gasteiger partial charge is 0.481 e. The second-order valence-corrected chi connectivity index (χ2v) is 6.20. The van der Waals surface area contributed by atoms with Gasteiger partial charge in [0.25, 0.3) is 0 Å². The third kappa shape index (κ3) is 4.74. The minimum Gasteiger partial charge on any atom is -0.481 e. The van der Waals surface area contributed by atoms with Gasteiger partial charge >= 0.3 is 12.0 Å². The van der Waals surface area contributed by atoms with Crippen LogP contribution in [0, 0.1) is 5.92 Å². The van der Waals surface area contributed by atoms with Crippen molar-refractivity contribution < 1.29 is 14.7 Å². The molecule has 1 aliphatic carbocycles. The minimum absolute atomic E-state index is 0.277. The van der Waals surface area contributed by atoms with E-state index in [2.05, 4.69) is 26.6 Å². The van der Waals surface area contributed by atoms with Crippen molar-refractivity contribution in [2.45, 2.75) is 38.3 Å². The van der Waals surface area contributed by atoms with Crippen LogP contribution in [0.2, 0.25) is 0 Å². The molecule has 1 aromatic rings. The highest BCUT2D eigenvalue weighted by molar-refractivity contribution is 9.10. The number of carboxylic acids is 1. The number of nitrogens with one attached hydrogen (secondary N) is 2. The average molecular weight is 355 g/mol. The number of amides is 2. The quantitative estimate of drug-likeness (QED) is 0.777. The summed E-state index contributed by atoms with van der Waals surface area (Å²) in [6.45, 7) is 0.420. The van der Waals surface area contributed by atoms with Crippen LogP contribution in [0.5, 0.6) is 0 Å². The molecule has 2 atom stereocenters. The maximum atomic E-state index is 11.9. The number of urea groups is 1. The third-order valence-electron chi connectivity index (χ3n) is 3.77. The molecule has 1 aromatic carbocycles. The lowest BCUT2D eigenvalue weighted by Gasteiger charge is -2.29. The Morgan fingerprint density at radius 3 is 2.52 bits per heavy atom. The van der Waals surface area contributed by atoms with Crippen molar-refractivity contribution in [3.05, 3.63) is 34.3 Å². The fraction of sp³-hybridized carbons (Fsp3) is 0.467. The summed E-state index contributed by atoms with van der Waals surface area (Å²) in [5.74, 6) is -1.30. The van der Waals surface area contributed by atoms with Gasteiger partial charge in [-0.1, -0.05) is 40.9 Å². The highest BCUT2D eigenvalue weighted by atomic mass is 79.9. The zero-order valence-corrected chi connectivity index (χ0v) is 13.2. The van der Waals surface area contributed by atoms with Crippen LogP contribution in [0.1, 0.15) is 31.2 Å². The van der Waals surface area contributed by atoms with E-state index in [9.17, 15) is 14.7 Å². The summed E-state index contributed by atoms with van der Waals surface area (Å²) in [5.41, 5.74) is 0.992. The fourth-order valence-corrected chi connectivity index (χ4v) is 2.87. The Hall–Kier alpha value is -1.56. The van der Waals surface area contributed by atoms with Crippen LogP contribution in [0.3, 0.4) is 0 Å². The predicted molar refractivity (Wildman–Crippen MR) is 82.9 cm³/mol. The standard InChI is InChI=1S/C15H19BrN2O3/c16-11-7-5-10(6-8-11)9-17-15(21)18-13-4-2-1-3-12(13)14(19)20/h5-8,12-13H,1-4,9H2,(H,19,20)(H2,17,18,21). The first-order valence-electron chi connectivity index (χ1n) is 7.08. The Morgan fingerprint density at radius 2 is 1.86 bits per heavy atom. The van der Waals surface area contributed by atoms with Gasteiger partial charge in [0, 0.05) is 17.1 Å². The summed E-state index contributed by atoms with van der Waals surface area (Å²) in [4.78, 5) is 23.1. The van der Waals surface area contributed by atoms with Gasteiger partial charge in [0.05, 0.1) is 5.92 Å². The van der Waals surface area contributed by atoms with Crippen molar-refractivity contribution in [2.75, 3.05) is 0 Å². The topological polar surface area (TPSA) is 78.4 Å². The first-order chi connectivity index (χ1) is 10.1. The lowest BCUT2D eigenvalue weighted by atomic mass is 9.84. The van der Waals surface area contributed by atoms with E-state index in [0.29, 0.717) is 13.0 Å². The highest BCUT2D eigenvalue weighted by Crippen LogP contribution is 2.24. The first kappa shape index (κ1) is 15.8. The Labute approximate surface area is 132 Å². The number of hydrogen-bond donors (Lipinski definition) is 3. The lowest BCUT2D eigenvalue weighted by Crippen LogP contribution is -2.48. The van der Waals surface area contributed by atoms with Gasteiger partial charge < -0.3 is 15.7 Å². The number of carboxylic acid groups (broad SMARTS) is 1. The summed E-state index contributed by atoms with van der Waals surface area (Å²) in [5, 5.41) is 14.7. The van der Waals surface area contributed by atoms with E-state index in [4.69, 9.17) is 0 Å². The molecule has 0 bridgehead atoms. The Bertz CT molecular complexity index is 504. The summed E-state index contributed by atoms with van der Waals surface area (Å²) in [6, 6.07) is 7.08. The van der Waals surface area contributed by atoms with Gasteiger partial charge in [0.15, 0.2) is 0 Å². The summed E-state index contributed by atoms with van der Waals surface area (Å²) < 4.78 is 0.988. The Morgan fingerprint density at radius 1 is 1.19 bits per heavy atom. The Balaban J connectivity index is 1.83. The van der Waals surface area contributed by atoms with Gasteiger partial charge in [-0.3, -0.25) is 4.79 Å². The number of carbonyl (C=O) groups is 2. The van der Waals surface area contributed by atoms with E-state index in [0.717, 1.165) is 29.3 Å². The van der Waals surface area contributed by atoms with Crippen LogP contribution in [0.25, 0.3) is 0 Å². The van der Waals surface area contributed by atoms with E-state index in [1.54, 1.807) is 0 Å². The van der Waals surface area contributed by atoms with Crippen LogP contribution in [0.4, 0.5) is 4.79 Å². The molecule has 2 unspecified atom stereocenters. The predicted octanol–water partition coefficient (Wildman–Crippen LogP) is 2.89. The normalized spacial score (nSPS) is 21.6. The number of carbonyl (C=O) groups excluding carboxylic acids is 1. The van der Waals surface area contributed by atoms with E-state index < -0.39 is 11.9 Å². The van der Waals surface area contributed by atoms with Crippen molar-refractivity contribution in [3.8, 4) is 0 Å². The molecule has 5 nitrogen and oxygen atoms in total. The number of aliphatic carboxylic acids is 1. The van der Waals surface area contributed by atoms with Crippen molar-refractivity contribution in [2.24, 2.45) is 5.92 Å². The molecule has 0 aromatic heterocycles. The molecule has 0 heterocycles. The molecule has 6 heteroatoms. The van der Waals surface area contributed by atoms with E-state index in [-0.39, 0.29) is 12.1 Å². The molecule has 0 spiro atoms. The molecular weight excluding hydrogens is 336 g/mol. The molecule has 0 aliphatic heterocycles. The van der Waals surface area contributed by atoms with Gasteiger partial charge in [-0.25, -0.2) is 4.79 Å². The molecule has 1 fully saturated rings. The van der Waals surface area contributed by atoms with Crippen molar-refractivity contribution in [1.29, 1.82) is 0 Å². The van der Waals surface area contributed by atoms with Gasteiger partial charge in [-0.2, -0.15) is 0 Å². The lowest BCUT2D eigenvalue weighted by molar-refractivity contribution is -0.143. The highest BCUT2D eigenvalue weighted by Gasteiger charge is 2.31. The first-order valence-corrected chi connectivity index (χ1v) is 7.87. The minimum atomic E-state index is -0.826. The molecule has 2 amide bonds. The van der Waals surface area contributed by atoms with Crippen LogP contribution in [-0.2, 0) is 11.3 Å². The zero-order chi connectivity index (χ0) is 15.2. The SMILES string of the molecule is O=C(NCc1ccc(Br)cc1)NC1CCCCC1C(=O)O. The van der Waals surface area contributed by atoms with Crippen molar-refractivity contribution >= 4 is 27.9 Å². The number of rotatable bonds is 4. The summed E-state index contributed by atoms with van der Waals surface area (Å²) in [6.07, 6.45) is 3.23. The fourth-order valence-electron chi connectivity index (χ4n) is 2.60. The van der Waals surface area contributed by atoms with E-state index >= 15 is 0 Å². The number of benzene rings is 1. The average Bonchev–Trinajstić information content (AvgIpc) is 2.47. The van der Waals surface area contributed by atoms with Crippen molar-refractivity contribution in [1.82, 2.24) is 10.6 Å². The van der Waals surface area contributed by atoms with Gasteiger partial charge in [-0.15, -0.1) is 0 Å². The van der Waals surface area contributed by atoms with Gasteiger partial charge in [-0.05, 0) is 30.5 Å². The van der Waals surface area contributed by atoms with Crippen LogP contribution < -0.4 is 10.6 Å². The van der Waals surface area contributed by atoms with Gasteiger partial charge in [0.1, 0.15) is 0 Å². The Kier molecular flexibility index (Phi) is 5.61. The number of halogens is 1. The number of hydrogen-bond acceptors (Lipinski definition) is 2. The van der Waals surface area contributed by atoms with Crippen LogP contribution >= 0.6 is 15.9 Å². The van der Waals surface area contributed by atoms with E-state index in [1.165, 1.54) is 0 Å². The maximum Gasteiger partial charge on any atom is 0.315 e. The molecule has 21 heavy (non-hydrogen) atoms. The van der Waals surface area contributed by atoms with Gasteiger partial charge in [0.2, 0.25) is 0 Å². The smallest absolute Gasteiger partial charge is 0.315 e. The summed E-state index contributed by atoms with van der Waals surface area (Å²) >= 11 is 3.36. The van der Waals surface area contributed by atoms with Crippen LogP contribution in [-0.4, -0.2) is 23.1 Å². The third-order valence-corrected chi connectivity index (χ3v) is 4.29. The molecule has 3 N–H and O–H groups in total. The maximum absolute atomic E-state index is 11.9. The monoisotopic (exact) mass is 354 g/mol. The molecule has 1 aliphatic rings. The second-order valence-electron chi connectivity index (χ2n) is 5.29. The molecule has 2 rings (SSSR count). The second kappa shape index (κ2) is 7.45. The van der Waals surface area contributed by atoms with E-state index in [1.807, 2.05) is 24.3 Å². The summed E-state index contributed by atoms with van der Waals surface area (Å²) in [7, 11) is 0. The zero-order valence-electron chi connectivity index (χ0n) is 11.6.